The van der Waals surface area contributed by atoms with Crippen LogP contribution in [0.5, 0.6) is 5.75 Å². The second-order valence-electron chi connectivity index (χ2n) is 7.50. The normalized spacial score (nSPS) is 11.7. The van der Waals surface area contributed by atoms with E-state index in [-0.39, 0.29) is 21.8 Å². The molecule has 4 aromatic carbocycles. The van der Waals surface area contributed by atoms with E-state index in [9.17, 15) is 13.2 Å². The lowest BCUT2D eigenvalue weighted by atomic mass is 10.1. The number of hydrogen-bond donors (Lipinski definition) is 0. The van der Waals surface area contributed by atoms with Gasteiger partial charge in [-0.2, -0.15) is 8.42 Å². The maximum Gasteiger partial charge on any atom is 0.339 e. The van der Waals surface area contributed by atoms with E-state index in [2.05, 4.69) is 0 Å². The van der Waals surface area contributed by atoms with Gasteiger partial charge in [0.25, 0.3) is 0 Å². The summed E-state index contributed by atoms with van der Waals surface area (Å²) in [5, 5.41) is 1.91. The van der Waals surface area contributed by atoms with Gasteiger partial charge in [-0.25, -0.2) is 0 Å². The topological polar surface area (TPSA) is 73.6 Å². The van der Waals surface area contributed by atoms with Crippen molar-refractivity contribution in [1.29, 1.82) is 0 Å². The summed E-state index contributed by atoms with van der Waals surface area (Å²) < 4.78 is 37.8. The van der Waals surface area contributed by atoms with Crippen LogP contribution in [0, 0.1) is 6.92 Å². The smallest absolute Gasteiger partial charge is 0.339 e. The summed E-state index contributed by atoms with van der Waals surface area (Å²) in [6.07, 6.45) is 0. The average Bonchev–Trinajstić information content (AvgIpc) is 2.81. The molecule has 6 heteroatoms. The molecule has 1 heterocycles. The molecule has 0 bridgehead atoms. The van der Waals surface area contributed by atoms with E-state index in [1.54, 1.807) is 42.5 Å². The molecule has 0 fully saturated rings. The Hall–Kier alpha value is -3.90. The highest BCUT2D eigenvalue weighted by Gasteiger charge is 2.25. The van der Waals surface area contributed by atoms with Crippen LogP contribution >= 0.6 is 0 Å². The van der Waals surface area contributed by atoms with Crippen LogP contribution in [0.25, 0.3) is 33.1 Å². The fourth-order valence-corrected chi connectivity index (χ4v) is 4.60. The zero-order valence-electron chi connectivity index (χ0n) is 17.1. The van der Waals surface area contributed by atoms with Crippen molar-refractivity contribution >= 4 is 31.9 Å². The lowest BCUT2D eigenvalue weighted by Gasteiger charge is -2.12. The van der Waals surface area contributed by atoms with Gasteiger partial charge >= 0.3 is 10.1 Å². The van der Waals surface area contributed by atoms with Gasteiger partial charge in [-0.1, -0.05) is 72.3 Å². The molecular formula is C26H18O5S. The van der Waals surface area contributed by atoms with Gasteiger partial charge < -0.3 is 8.60 Å². The molecule has 0 aliphatic rings. The Morgan fingerprint density at radius 1 is 0.781 bits per heavy atom. The number of aryl methyl sites for hydroxylation is 1. The van der Waals surface area contributed by atoms with Crippen LogP contribution in [0.15, 0.2) is 105 Å². The lowest BCUT2D eigenvalue weighted by Crippen LogP contribution is -2.17. The lowest BCUT2D eigenvalue weighted by molar-refractivity contribution is 0.472. The van der Waals surface area contributed by atoms with Gasteiger partial charge in [0.05, 0.1) is 5.39 Å². The van der Waals surface area contributed by atoms with Crippen LogP contribution < -0.4 is 9.61 Å². The first-order valence-electron chi connectivity index (χ1n) is 9.98. The SMILES string of the molecule is Cc1ccc2oc(-c3ccccc3)c(OS(=O)(=O)c3ccc4ccccc4c3)c(=O)c2c1. The maximum atomic E-state index is 13.3. The summed E-state index contributed by atoms with van der Waals surface area (Å²) in [6, 6.07) is 26.1. The Morgan fingerprint density at radius 2 is 1.50 bits per heavy atom. The molecule has 32 heavy (non-hydrogen) atoms. The third-order valence-corrected chi connectivity index (χ3v) is 6.46. The molecule has 0 aliphatic heterocycles. The second-order valence-corrected chi connectivity index (χ2v) is 9.05. The Morgan fingerprint density at radius 3 is 2.28 bits per heavy atom. The number of hydrogen-bond acceptors (Lipinski definition) is 5. The number of benzene rings is 4. The van der Waals surface area contributed by atoms with Crippen molar-refractivity contribution in [2.75, 3.05) is 0 Å². The Balaban J connectivity index is 1.71. The third-order valence-electron chi connectivity index (χ3n) is 5.24. The molecule has 0 N–H and O–H groups in total. The van der Waals surface area contributed by atoms with Gasteiger partial charge in [-0.3, -0.25) is 4.79 Å². The van der Waals surface area contributed by atoms with Crippen LogP contribution in [0.4, 0.5) is 0 Å². The largest absolute Gasteiger partial charge is 0.452 e. The van der Waals surface area contributed by atoms with Gasteiger partial charge in [0.2, 0.25) is 11.2 Å². The van der Waals surface area contributed by atoms with Gasteiger partial charge in [-0.15, -0.1) is 0 Å². The van der Waals surface area contributed by atoms with E-state index >= 15 is 0 Å². The van der Waals surface area contributed by atoms with Crippen molar-refractivity contribution in [2.24, 2.45) is 0 Å². The van der Waals surface area contributed by atoms with Crippen LogP contribution in [0.3, 0.4) is 0 Å². The highest BCUT2D eigenvalue weighted by atomic mass is 32.2. The zero-order chi connectivity index (χ0) is 22.3. The molecule has 5 nitrogen and oxygen atoms in total. The number of rotatable bonds is 4. The quantitative estimate of drug-likeness (QED) is 0.334. The first kappa shape index (κ1) is 20.0. The van der Waals surface area contributed by atoms with Crippen molar-refractivity contribution < 1.29 is 17.0 Å². The van der Waals surface area contributed by atoms with Gasteiger partial charge in [-0.05, 0) is 42.0 Å². The second kappa shape index (κ2) is 7.66. The molecule has 5 aromatic rings. The van der Waals surface area contributed by atoms with Crippen LogP contribution in [-0.4, -0.2) is 8.42 Å². The fraction of sp³-hybridized carbons (Fsp3) is 0.0385. The summed E-state index contributed by atoms with van der Waals surface area (Å²) in [5.41, 5.74) is 1.20. The van der Waals surface area contributed by atoms with E-state index < -0.39 is 15.5 Å². The Bertz CT molecular complexity index is 1630. The molecule has 0 aliphatic carbocycles. The fourth-order valence-electron chi connectivity index (χ4n) is 3.63. The Labute approximate surface area is 184 Å². The minimum atomic E-state index is -4.30. The van der Waals surface area contributed by atoms with E-state index in [1.165, 1.54) is 12.1 Å². The average molecular weight is 442 g/mol. The van der Waals surface area contributed by atoms with Gasteiger partial charge in [0.1, 0.15) is 10.5 Å². The van der Waals surface area contributed by atoms with Gasteiger partial charge in [0.15, 0.2) is 5.76 Å². The molecule has 158 valence electrons. The summed E-state index contributed by atoms with van der Waals surface area (Å²) in [6.45, 7) is 1.84. The standard InChI is InChI=1S/C26H18O5S/c1-17-11-14-23-22(15-17)24(27)26(25(30-23)19-8-3-2-4-9-19)31-32(28,29)21-13-12-18-7-5-6-10-20(18)16-21/h2-16H,1H3. The first-order valence-corrected chi connectivity index (χ1v) is 11.4. The van der Waals surface area contributed by atoms with E-state index in [0.29, 0.717) is 11.1 Å². The van der Waals surface area contributed by atoms with Crippen molar-refractivity contribution in [1.82, 2.24) is 0 Å². The van der Waals surface area contributed by atoms with Crippen LogP contribution in [0.2, 0.25) is 0 Å². The summed E-state index contributed by atoms with van der Waals surface area (Å²) >= 11 is 0. The maximum absolute atomic E-state index is 13.3. The van der Waals surface area contributed by atoms with Crippen LogP contribution in [0.1, 0.15) is 5.56 Å². The summed E-state index contributed by atoms with van der Waals surface area (Å²) in [4.78, 5) is 13.3. The van der Waals surface area contributed by atoms with E-state index in [1.807, 2.05) is 43.3 Å². The molecule has 0 spiro atoms. The monoisotopic (exact) mass is 442 g/mol. The Kier molecular flexibility index (Phi) is 4.79. The van der Waals surface area contributed by atoms with Crippen molar-refractivity contribution in [2.45, 2.75) is 11.8 Å². The first-order chi connectivity index (χ1) is 15.4. The summed E-state index contributed by atoms with van der Waals surface area (Å²) in [5.74, 6) is -0.293. The molecule has 0 saturated carbocycles. The zero-order valence-corrected chi connectivity index (χ0v) is 17.9. The molecule has 5 rings (SSSR count). The molecule has 0 saturated heterocycles. The molecule has 0 amide bonds. The summed E-state index contributed by atoms with van der Waals surface area (Å²) in [7, 11) is -4.30. The van der Waals surface area contributed by atoms with Crippen molar-refractivity contribution in [3.63, 3.8) is 0 Å². The van der Waals surface area contributed by atoms with Crippen LogP contribution in [-0.2, 0) is 10.1 Å². The number of fused-ring (bicyclic) bond motifs is 2. The molecule has 1 aromatic heterocycles. The molecule has 0 radical (unpaired) electrons. The van der Waals surface area contributed by atoms with E-state index in [0.717, 1.165) is 16.3 Å². The predicted octanol–water partition coefficient (Wildman–Crippen LogP) is 5.69. The predicted molar refractivity (Wildman–Crippen MR) is 124 cm³/mol. The highest BCUT2D eigenvalue weighted by molar-refractivity contribution is 7.87. The molecule has 0 unspecified atom stereocenters. The highest BCUT2D eigenvalue weighted by Crippen LogP contribution is 2.33. The minimum absolute atomic E-state index is 0.0426. The third kappa shape index (κ3) is 3.55. The molecular weight excluding hydrogens is 424 g/mol. The van der Waals surface area contributed by atoms with E-state index in [4.69, 9.17) is 8.60 Å². The molecule has 0 atom stereocenters. The van der Waals surface area contributed by atoms with Gasteiger partial charge in [0, 0.05) is 5.56 Å². The minimum Gasteiger partial charge on any atom is -0.452 e. The van der Waals surface area contributed by atoms with Crippen molar-refractivity contribution in [3.05, 3.63) is 107 Å². The van der Waals surface area contributed by atoms with Crippen molar-refractivity contribution in [3.8, 4) is 17.1 Å².